The van der Waals surface area contributed by atoms with Gasteiger partial charge in [0.15, 0.2) is 11.5 Å². The molecule has 9 aromatic carbocycles. The molecule has 63 heavy (non-hydrogen) atoms. The molecule has 9 aromatic rings. The first-order valence-electron chi connectivity index (χ1n) is 20.7. The van der Waals surface area contributed by atoms with Crippen LogP contribution in [0.15, 0.2) is 206 Å². The van der Waals surface area contributed by atoms with Crippen LogP contribution in [0.1, 0.15) is 22.3 Å². The van der Waals surface area contributed by atoms with Crippen LogP contribution in [0.3, 0.4) is 0 Å². The summed E-state index contributed by atoms with van der Waals surface area (Å²) in [6.07, 6.45) is 0. The van der Waals surface area contributed by atoms with E-state index >= 15 is 0 Å². The highest BCUT2D eigenvalue weighted by Crippen LogP contribution is 2.60. The van der Waals surface area contributed by atoms with E-state index in [4.69, 9.17) is 0 Å². The van der Waals surface area contributed by atoms with E-state index in [1.807, 2.05) is 60.7 Å². The fraction of sp³-hybridized carbons (Fsp3) is 0.0357. The number of rotatable bonds is 9. The number of hydrogen-bond acceptors (Lipinski definition) is 7. The second kappa shape index (κ2) is 15.6. The van der Waals surface area contributed by atoms with E-state index < -0.39 is 34.2 Å². The van der Waals surface area contributed by atoms with Gasteiger partial charge in [0.25, 0.3) is 0 Å². The summed E-state index contributed by atoms with van der Waals surface area (Å²) in [5, 5.41) is 53.3. The minimum atomic E-state index is -1.000. The molecule has 0 unspecified atom stereocenters. The Morgan fingerprint density at radius 1 is 0.333 bits per heavy atom. The van der Waals surface area contributed by atoms with Gasteiger partial charge in [-0.2, -0.15) is 0 Å². The van der Waals surface area contributed by atoms with Crippen molar-refractivity contribution in [3.05, 3.63) is 229 Å². The van der Waals surface area contributed by atoms with Gasteiger partial charge in [-0.3, -0.25) is 0 Å². The minimum Gasteiger partial charge on any atom is -0.504 e. The average Bonchev–Trinajstić information content (AvgIpc) is 3.64. The van der Waals surface area contributed by atoms with Gasteiger partial charge in [-0.15, -0.1) is 0 Å². The number of phenolic OH excluding ortho intramolecular Hbond substituents is 5. The third kappa shape index (κ3) is 6.37. The summed E-state index contributed by atoms with van der Waals surface area (Å²) >= 11 is 0. The largest absolute Gasteiger partial charge is 0.504 e. The van der Waals surface area contributed by atoms with Crippen molar-refractivity contribution in [3.8, 4) is 62.1 Å². The van der Waals surface area contributed by atoms with Crippen LogP contribution in [0.2, 0.25) is 0 Å². The van der Waals surface area contributed by atoms with Gasteiger partial charge in [0, 0.05) is 35.5 Å². The van der Waals surface area contributed by atoms with Crippen LogP contribution in [0.25, 0.3) is 33.4 Å². The van der Waals surface area contributed by atoms with Gasteiger partial charge in [0.2, 0.25) is 17.2 Å². The number of benzene rings is 9. The Morgan fingerprint density at radius 2 is 0.698 bits per heavy atom. The fourth-order valence-corrected chi connectivity index (χ4v) is 9.23. The predicted molar refractivity (Wildman–Crippen MR) is 252 cm³/mol. The number of para-hydroxylation sites is 2. The van der Waals surface area contributed by atoms with Crippen molar-refractivity contribution >= 4 is 28.4 Å². The van der Waals surface area contributed by atoms with Crippen molar-refractivity contribution in [1.82, 2.24) is 0 Å². The molecular formula is C56H42N2O5. The lowest BCUT2D eigenvalue weighted by molar-refractivity contribution is 0.330. The molecule has 0 atom stereocenters. The summed E-state index contributed by atoms with van der Waals surface area (Å²) < 4.78 is 0. The number of aromatic hydroxyl groups is 5. The first kappa shape index (κ1) is 38.8. The lowest BCUT2D eigenvalue weighted by Crippen LogP contribution is -2.28. The van der Waals surface area contributed by atoms with Gasteiger partial charge in [0.05, 0.1) is 11.0 Å². The molecule has 0 bridgehead atoms. The lowest BCUT2D eigenvalue weighted by atomic mass is 9.67. The molecule has 0 aromatic heterocycles. The van der Waals surface area contributed by atoms with Crippen LogP contribution in [-0.2, 0) is 5.41 Å². The zero-order chi connectivity index (χ0) is 43.2. The molecule has 10 rings (SSSR count). The Morgan fingerprint density at radius 3 is 1.19 bits per heavy atom. The molecule has 5 N–H and O–H groups in total. The molecule has 0 amide bonds. The van der Waals surface area contributed by atoms with Gasteiger partial charge < -0.3 is 35.3 Å². The molecule has 0 aliphatic heterocycles. The van der Waals surface area contributed by atoms with Crippen molar-refractivity contribution in [2.45, 2.75) is 5.41 Å². The molecule has 0 spiro atoms. The number of fused-ring (bicyclic) bond motifs is 3. The third-order valence-corrected chi connectivity index (χ3v) is 12.3. The molecule has 1 aliphatic carbocycles. The summed E-state index contributed by atoms with van der Waals surface area (Å²) in [5.41, 5.74) is 12.6. The SMILES string of the molecule is CN(c1ccc(-c2ccc(N(c3ccccc3)c3ccccc3)cc2)cc1)c1ccc2c(c1)C(c1ccccc1)(c1ccccc1)c1cc(-c3c(O)c(O)c(O)c(O)c3O)ccc1-2. The predicted octanol–water partition coefficient (Wildman–Crippen LogP) is 13.1. The molecule has 1 aliphatic rings. The fourth-order valence-electron chi connectivity index (χ4n) is 9.23. The quantitative estimate of drug-likeness (QED) is 0.0729. The minimum absolute atomic E-state index is 0.197. The summed E-state index contributed by atoms with van der Waals surface area (Å²) in [6.45, 7) is 0. The topological polar surface area (TPSA) is 108 Å². The maximum absolute atomic E-state index is 11.0. The normalized spacial score (nSPS) is 12.3. The van der Waals surface area contributed by atoms with E-state index in [1.165, 1.54) is 0 Å². The van der Waals surface area contributed by atoms with Gasteiger partial charge in [-0.1, -0.05) is 140 Å². The molecule has 7 heteroatoms. The lowest BCUT2D eigenvalue weighted by Gasteiger charge is -2.34. The molecule has 306 valence electrons. The zero-order valence-corrected chi connectivity index (χ0v) is 34.3. The van der Waals surface area contributed by atoms with E-state index in [0.29, 0.717) is 5.56 Å². The highest BCUT2D eigenvalue weighted by Gasteiger charge is 2.47. The van der Waals surface area contributed by atoms with E-state index in [0.717, 1.165) is 72.9 Å². The van der Waals surface area contributed by atoms with Crippen LogP contribution in [-0.4, -0.2) is 32.6 Å². The Kier molecular flexibility index (Phi) is 9.57. The van der Waals surface area contributed by atoms with E-state index in [2.05, 4.69) is 156 Å². The van der Waals surface area contributed by atoms with Crippen LogP contribution in [0, 0.1) is 0 Å². The Labute approximate surface area is 365 Å². The molecule has 7 nitrogen and oxygen atoms in total. The van der Waals surface area contributed by atoms with Gasteiger partial charge in [-0.05, 0) is 117 Å². The van der Waals surface area contributed by atoms with E-state index in [-0.39, 0.29) is 5.56 Å². The van der Waals surface area contributed by atoms with Crippen LogP contribution in [0.5, 0.6) is 28.7 Å². The Balaban J connectivity index is 1.04. The molecule has 0 heterocycles. The number of phenols is 5. The van der Waals surface area contributed by atoms with Crippen molar-refractivity contribution in [2.24, 2.45) is 0 Å². The van der Waals surface area contributed by atoms with Crippen LogP contribution in [0.4, 0.5) is 28.4 Å². The van der Waals surface area contributed by atoms with Crippen molar-refractivity contribution < 1.29 is 25.5 Å². The molecular weight excluding hydrogens is 781 g/mol. The number of anilines is 5. The molecule has 0 fully saturated rings. The average molecular weight is 823 g/mol. The summed E-state index contributed by atoms with van der Waals surface area (Å²) in [6, 6.07) is 70.5. The first-order chi connectivity index (χ1) is 30.8. The van der Waals surface area contributed by atoms with Crippen LogP contribution >= 0.6 is 0 Å². The molecule has 0 radical (unpaired) electrons. The van der Waals surface area contributed by atoms with E-state index in [9.17, 15) is 25.5 Å². The summed E-state index contributed by atoms with van der Waals surface area (Å²) in [4.78, 5) is 4.43. The number of nitrogens with zero attached hydrogens (tertiary/aromatic N) is 2. The van der Waals surface area contributed by atoms with Crippen molar-refractivity contribution in [2.75, 3.05) is 16.8 Å². The first-order valence-corrected chi connectivity index (χ1v) is 20.7. The second-order valence-corrected chi connectivity index (χ2v) is 15.7. The van der Waals surface area contributed by atoms with Crippen molar-refractivity contribution in [3.63, 3.8) is 0 Å². The zero-order valence-electron chi connectivity index (χ0n) is 34.3. The maximum atomic E-state index is 11.0. The van der Waals surface area contributed by atoms with Gasteiger partial charge >= 0.3 is 0 Å². The Hall–Kier alpha value is -8.42. The monoisotopic (exact) mass is 822 g/mol. The highest BCUT2D eigenvalue weighted by atomic mass is 16.4. The highest BCUT2D eigenvalue weighted by molar-refractivity contribution is 5.93. The smallest absolute Gasteiger partial charge is 0.208 e. The van der Waals surface area contributed by atoms with Crippen LogP contribution < -0.4 is 9.80 Å². The van der Waals surface area contributed by atoms with Gasteiger partial charge in [0.1, 0.15) is 0 Å². The van der Waals surface area contributed by atoms with E-state index in [1.54, 1.807) is 6.07 Å². The molecule has 0 saturated carbocycles. The van der Waals surface area contributed by atoms with Crippen molar-refractivity contribution in [1.29, 1.82) is 0 Å². The summed E-state index contributed by atoms with van der Waals surface area (Å²) in [7, 11) is 2.06. The maximum Gasteiger partial charge on any atom is 0.208 e. The van der Waals surface area contributed by atoms with Gasteiger partial charge in [-0.25, -0.2) is 0 Å². The summed E-state index contributed by atoms with van der Waals surface area (Å²) in [5.74, 6) is -4.33. The standard InChI is InChI=1S/C56H42N2O5/c1-57(41-27-22-36(23-28-41)37-24-29-44(30-25-37)58(42-18-10-4-11-19-42)43-20-12-5-13-21-43)45-31-33-47-46-32-26-38(50-51(59)53(61)55(63)54(62)52(50)60)34-48(46)56(49(47)35-45,39-14-6-2-7-15-39)40-16-8-3-9-17-40/h2-35,59-63H,1H3. The molecule has 0 saturated heterocycles. The Bertz CT molecular complexity index is 3000. The third-order valence-electron chi connectivity index (χ3n) is 12.3. The second-order valence-electron chi connectivity index (χ2n) is 15.7. The number of hydrogen-bond donors (Lipinski definition) is 5.